The van der Waals surface area contributed by atoms with Gasteiger partial charge >= 0.3 is 0 Å². The van der Waals surface area contributed by atoms with E-state index in [1.54, 1.807) is 72.8 Å². The van der Waals surface area contributed by atoms with Crippen LogP contribution in [0, 0.1) is 0 Å². The van der Waals surface area contributed by atoms with Gasteiger partial charge in [0.2, 0.25) is 0 Å². The fraction of sp³-hybridized carbons (Fsp3) is 0.0882. The van der Waals surface area contributed by atoms with Crippen LogP contribution in [0.3, 0.4) is 0 Å². The number of benzene rings is 5. The zero-order valence-electron chi connectivity index (χ0n) is 23.8. The van der Waals surface area contributed by atoms with Crippen molar-refractivity contribution >= 4 is 69.2 Å². The summed E-state index contributed by atoms with van der Waals surface area (Å²) < 4.78 is 10.3. The quantitative estimate of drug-likeness (QED) is 0.0844. The average Bonchev–Trinajstić information content (AvgIpc) is 3.05. The van der Waals surface area contributed by atoms with Gasteiger partial charge in [-0.15, -0.1) is 10.2 Å². The summed E-state index contributed by atoms with van der Waals surface area (Å²) in [4.78, 5) is 37.5. The molecule has 0 fully saturated rings. The number of halogens is 2. The average molecular weight is 642 g/mol. The van der Waals surface area contributed by atoms with Gasteiger partial charge in [-0.05, 0) is 47.9 Å². The van der Waals surface area contributed by atoms with Crippen molar-refractivity contribution in [2.45, 2.75) is 13.0 Å². The first-order valence-corrected chi connectivity index (χ1v) is 14.3. The Balaban J connectivity index is 1.54. The summed E-state index contributed by atoms with van der Waals surface area (Å²) in [6.07, 6.45) is -0.0204. The molecule has 0 saturated carbocycles. The van der Waals surface area contributed by atoms with Gasteiger partial charge in [-0.2, -0.15) is 0 Å². The zero-order valence-corrected chi connectivity index (χ0v) is 25.3. The number of nitrogens with one attached hydrogen (secondary N) is 1. The van der Waals surface area contributed by atoms with Crippen molar-refractivity contribution in [3.63, 3.8) is 0 Å². The molecule has 45 heavy (non-hydrogen) atoms. The number of para-hydroxylation sites is 1. The number of methoxy groups -OCH3 is 1. The van der Waals surface area contributed by atoms with Crippen molar-refractivity contribution in [2.75, 3.05) is 12.4 Å². The Morgan fingerprint density at radius 1 is 0.911 bits per heavy atom. The fourth-order valence-corrected chi connectivity index (χ4v) is 5.02. The third-order valence-corrected chi connectivity index (χ3v) is 7.49. The van der Waals surface area contributed by atoms with Gasteiger partial charge in [0.1, 0.15) is 18.0 Å². The Morgan fingerprint density at radius 3 is 2.49 bits per heavy atom. The SMILES string of the molecule is COc1ccccc1CC(=O)c1cc2ccccc2c(N=Nc2cc(C(=O)Nc3cc(Cl)ccc3Cl)ccc2COC=O)c1O. The molecule has 0 radical (unpaired) electrons. The normalized spacial score (nSPS) is 11.0. The maximum absolute atomic E-state index is 13.5. The molecule has 0 aliphatic rings. The molecule has 226 valence electrons. The third kappa shape index (κ3) is 7.12. The monoisotopic (exact) mass is 641 g/mol. The van der Waals surface area contributed by atoms with Gasteiger partial charge in [-0.3, -0.25) is 14.4 Å². The van der Waals surface area contributed by atoms with Crippen molar-refractivity contribution in [3.05, 3.63) is 123 Å². The lowest BCUT2D eigenvalue weighted by atomic mass is 9.97. The molecular weight excluding hydrogens is 617 g/mol. The molecular formula is C34H25Cl2N3O6. The second-order valence-electron chi connectivity index (χ2n) is 9.78. The van der Waals surface area contributed by atoms with Gasteiger partial charge in [0.25, 0.3) is 12.4 Å². The second kappa shape index (κ2) is 14.0. The van der Waals surface area contributed by atoms with Gasteiger partial charge in [-0.1, -0.05) is 71.7 Å². The molecule has 5 rings (SSSR count). The number of carbonyl (C=O) groups is 3. The van der Waals surface area contributed by atoms with Gasteiger partial charge in [0.05, 0.1) is 29.1 Å². The molecule has 0 bridgehead atoms. The number of fused-ring (bicyclic) bond motifs is 1. The van der Waals surface area contributed by atoms with Gasteiger partial charge in [-0.25, -0.2) is 0 Å². The zero-order chi connectivity index (χ0) is 31.9. The molecule has 0 unspecified atom stereocenters. The van der Waals surface area contributed by atoms with Crippen LogP contribution in [0.1, 0.15) is 31.8 Å². The Labute approximate surface area is 268 Å². The number of rotatable bonds is 11. The number of hydrogen-bond acceptors (Lipinski definition) is 8. The van der Waals surface area contributed by atoms with Crippen LogP contribution < -0.4 is 10.1 Å². The van der Waals surface area contributed by atoms with Crippen molar-refractivity contribution in [2.24, 2.45) is 10.2 Å². The molecule has 0 saturated heterocycles. The maximum Gasteiger partial charge on any atom is 0.293 e. The van der Waals surface area contributed by atoms with E-state index in [1.165, 1.54) is 25.3 Å². The van der Waals surface area contributed by atoms with E-state index in [-0.39, 0.29) is 47.1 Å². The number of ketones is 1. The molecule has 1 amide bonds. The lowest BCUT2D eigenvalue weighted by Gasteiger charge is -2.12. The molecule has 9 nitrogen and oxygen atoms in total. The molecule has 5 aromatic carbocycles. The van der Waals surface area contributed by atoms with Crippen LogP contribution in [0.4, 0.5) is 17.1 Å². The summed E-state index contributed by atoms with van der Waals surface area (Å²) in [5.74, 6) is -0.654. The number of phenolic OH excluding ortho intramolecular Hbond substituents is 1. The van der Waals surface area contributed by atoms with Gasteiger partial charge in [0, 0.05) is 33.5 Å². The van der Waals surface area contributed by atoms with E-state index >= 15 is 0 Å². The minimum Gasteiger partial charge on any atom is -0.505 e. The predicted octanol–water partition coefficient (Wildman–Crippen LogP) is 8.63. The number of anilines is 1. The number of carbonyl (C=O) groups excluding carboxylic acids is 3. The summed E-state index contributed by atoms with van der Waals surface area (Å²) in [5, 5.41) is 24.6. The standard InChI is InChI=1S/C34H25Cl2N3O6/c1-44-31-9-5-3-7-21(31)16-30(41)26-14-20-6-2-4-8-25(20)32(33(26)42)39-38-28-15-22(10-11-23(28)18-45-19-40)34(43)37-29-17-24(35)12-13-27(29)36/h2-15,17,19,42H,16,18H2,1H3,(H,37,43). The first-order valence-electron chi connectivity index (χ1n) is 13.5. The molecule has 0 aliphatic carbocycles. The van der Waals surface area contributed by atoms with E-state index in [1.807, 2.05) is 0 Å². The number of azo groups is 1. The van der Waals surface area contributed by atoms with E-state index in [4.69, 9.17) is 32.7 Å². The van der Waals surface area contributed by atoms with Crippen LogP contribution in [0.15, 0.2) is 101 Å². The summed E-state index contributed by atoms with van der Waals surface area (Å²) in [6, 6.07) is 25.1. The molecule has 0 spiro atoms. The second-order valence-corrected chi connectivity index (χ2v) is 10.6. The first kappa shape index (κ1) is 31.2. The Morgan fingerprint density at radius 2 is 1.69 bits per heavy atom. The Bertz CT molecular complexity index is 1960. The molecule has 5 aromatic rings. The van der Waals surface area contributed by atoms with Crippen molar-refractivity contribution in [1.29, 1.82) is 0 Å². The summed E-state index contributed by atoms with van der Waals surface area (Å²) in [6.45, 7) is 0.142. The number of hydrogen-bond donors (Lipinski definition) is 2. The predicted molar refractivity (Wildman–Crippen MR) is 173 cm³/mol. The highest BCUT2D eigenvalue weighted by molar-refractivity contribution is 6.35. The number of nitrogens with zero attached hydrogens (tertiary/aromatic N) is 2. The Hall–Kier alpha value is -5.25. The van der Waals surface area contributed by atoms with Crippen molar-refractivity contribution in [3.8, 4) is 11.5 Å². The van der Waals surface area contributed by atoms with E-state index in [2.05, 4.69) is 15.5 Å². The maximum atomic E-state index is 13.5. The largest absolute Gasteiger partial charge is 0.505 e. The minimum atomic E-state index is -0.504. The van der Waals surface area contributed by atoms with Crippen LogP contribution in [-0.4, -0.2) is 30.4 Å². The summed E-state index contributed by atoms with van der Waals surface area (Å²) in [7, 11) is 1.52. The third-order valence-electron chi connectivity index (χ3n) is 6.93. The highest BCUT2D eigenvalue weighted by atomic mass is 35.5. The lowest BCUT2D eigenvalue weighted by Crippen LogP contribution is -2.12. The van der Waals surface area contributed by atoms with Gasteiger partial charge < -0.3 is 19.9 Å². The van der Waals surface area contributed by atoms with Crippen molar-refractivity contribution < 1.29 is 29.0 Å². The fourth-order valence-electron chi connectivity index (χ4n) is 4.68. The Kier molecular flexibility index (Phi) is 9.72. The molecule has 0 aromatic heterocycles. The first-order chi connectivity index (χ1) is 21.8. The number of ether oxygens (including phenoxy) is 2. The van der Waals surface area contributed by atoms with E-state index in [0.29, 0.717) is 49.9 Å². The van der Waals surface area contributed by atoms with Crippen molar-refractivity contribution in [1.82, 2.24) is 0 Å². The minimum absolute atomic E-state index is 0.0204. The summed E-state index contributed by atoms with van der Waals surface area (Å²) in [5.41, 5.74) is 1.92. The number of Topliss-reactive ketones (excluding diaryl/α,β-unsaturated/α-hetero) is 1. The summed E-state index contributed by atoms with van der Waals surface area (Å²) >= 11 is 12.3. The van der Waals surface area contributed by atoms with E-state index < -0.39 is 5.91 Å². The van der Waals surface area contributed by atoms with Crippen LogP contribution in [0.5, 0.6) is 11.5 Å². The molecule has 0 atom stereocenters. The molecule has 11 heteroatoms. The topological polar surface area (TPSA) is 127 Å². The lowest BCUT2D eigenvalue weighted by molar-refractivity contribution is -0.129. The van der Waals surface area contributed by atoms with E-state index in [9.17, 15) is 19.5 Å². The van der Waals surface area contributed by atoms with Crippen LogP contribution in [-0.2, 0) is 22.6 Å². The van der Waals surface area contributed by atoms with Gasteiger partial charge in [0.15, 0.2) is 11.5 Å². The van der Waals surface area contributed by atoms with Crippen LogP contribution in [0.25, 0.3) is 10.8 Å². The smallest absolute Gasteiger partial charge is 0.293 e. The van der Waals surface area contributed by atoms with E-state index in [0.717, 1.165) is 0 Å². The molecule has 0 aliphatic heterocycles. The highest BCUT2D eigenvalue weighted by Gasteiger charge is 2.20. The van der Waals surface area contributed by atoms with Crippen LogP contribution in [0.2, 0.25) is 10.0 Å². The molecule has 0 heterocycles. The number of phenols is 1. The number of amides is 1. The molecule has 2 N–H and O–H groups in total. The number of aromatic hydroxyl groups is 1. The highest BCUT2D eigenvalue weighted by Crippen LogP contribution is 2.40. The van der Waals surface area contributed by atoms with Crippen LogP contribution >= 0.6 is 23.2 Å².